The molecule has 15 heavy (non-hydrogen) atoms. The number of hydrogen-bond donors (Lipinski definition) is 2. The van der Waals surface area contributed by atoms with Crippen LogP contribution in [0.15, 0.2) is 24.3 Å². The lowest BCUT2D eigenvalue weighted by Crippen LogP contribution is -2.38. The van der Waals surface area contributed by atoms with Crippen molar-refractivity contribution >= 4 is 29.3 Å². The summed E-state index contributed by atoms with van der Waals surface area (Å²) in [6.07, 6.45) is 0. The fourth-order valence-electron chi connectivity index (χ4n) is 0.993. The van der Waals surface area contributed by atoms with Crippen LogP contribution in [0.1, 0.15) is 5.56 Å². The van der Waals surface area contributed by atoms with Crippen LogP contribution in [0.4, 0.5) is 0 Å². The van der Waals surface area contributed by atoms with Crippen molar-refractivity contribution in [3.63, 3.8) is 0 Å². The zero-order chi connectivity index (χ0) is 11.3. The SMILES string of the molecule is NC(=O)C(N)CSCc1ccccc1Cl. The minimum Gasteiger partial charge on any atom is -0.368 e. The second-order valence-electron chi connectivity index (χ2n) is 3.12. The zero-order valence-corrected chi connectivity index (χ0v) is 9.72. The Morgan fingerprint density at radius 1 is 1.47 bits per heavy atom. The first-order chi connectivity index (χ1) is 7.11. The maximum Gasteiger partial charge on any atom is 0.235 e. The standard InChI is InChI=1S/C10H13ClN2OS/c11-8-4-2-1-3-7(8)5-15-6-9(12)10(13)14/h1-4,9H,5-6,12H2,(H2,13,14). The number of benzene rings is 1. The Balaban J connectivity index is 2.38. The van der Waals surface area contributed by atoms with Crippen LogP contribution in [-0.4, -0.2) is 17.7 Å². The molecule has 0 radical (unpaired) electrons. The van der Waals surface area contributed by atoms with Crippen LogP contribution in [0.5, 0.6) is 0 Å². The first kappa shape index (κ1) is 12.4. The Kier molecular flexibility index (Phi) is 4.94. The van der Waals surface area contributed by atoms with E-state index in [9.17, 15) is 4.79 Å². The predicted molar refractivity (Wildman–Crippen MR) is 64.8 cm³/mol. The molecule has 0 aliphatic heterocycles. The van der Waals surface area contributed by atoms with Crippen LogP contribution < -0.4 is 11.5 Å². The Labute approximate surface area is 98.2 Å². The quantitative estimate of drug-likeness (QED) is 0.822. The first-order valence-corrected chi connectivity index (χ1v) is 6.00. The number of nitrogens with two attached hydrogens (primary N) is 2. The summed E-state index contributed by atoms with van der Waals surface area (Å²) >= 11 is 7.51. The molecular formula is C10H13ClN2OS. The Bertz CT molecular complexity index is 346. The molecule has 0 aliphatic carbocycles. The lowest BCUT2D eigenvalue weighted by molar-refractivity contribution is -0.118. The number of halogens is 1. The monoisotopic (exact) mass is 244 g/mol. The minimum atomic E-state index is -0.586. The zero-order valence-electron chi connectivity index (χ0n) is 8.15. The molecule has 1 amide bonds. The summed E-state index contributed by atoms with van der Waals surface area (Å²) in [4.78, 5) is 10.7. The summed E-state index contributed by atoms with van der Waals surface area (Å²) in [6, 6.07) is 7.01. The van der Waals surface area contributed by atoms with E-state index in [1.165, 1.54) is 0 Å². The molecule has 4 N–H and O–H groups in total. The van der Waals surface area contributed by atoms with Crippen LogP contribution in [0.3, 0.4) is 0 Å². The van der Waals surface area contributed by atoms with Crippen LogP contribution >= 0.6 is 23.4 Å². The molecule has 0 spiro atoms. The van der Waals surface area contributed by atoms with Gasteiger partial charge in [-0.15, -0.1) is 0 Å². The summed E-state index contributed by atoms with van der Waals surface area (Å²) in [5.74, 6) is 0.781. The van der Waals surface area contributed by atoms with E-state index in [2.05, 4.69) is 0 Å². The summed E-state index contributed by atoms with van der Waals surface area (Å²) < 4.78 is 0. The lowest BCUT2D eigenvalue weighted by Gasteiger charge is -2.07. The van der Waals surface area contributed by atoms with Crippen LogP contribution in [0.25, 0.3) is 0 Å². The van der Waals surface area contributed by atoms with Crippen LogP contribution in [0, 0.1) is 0 Å². The third-order valence-electron chi connectivity index (χ3n) is 1.88. The van der Waals surface area contributed by atoms with Gasteiger partial charge in [-0.3, -0.25) is 4.79 Å². The summed E-state index contributed by atoms with van der Waals surface area (Å²) in [6.45, 7) is 0. The average molecular weight is 245 g/mol. The van der Waals surface area contributed by atoms with E-state index in [4.69, 9.17) is 23.1 Å². The number of thioether (sulfide) groups is 1. The molecule has 1 unspecified atom stereocenters. The van der Waals surface area contributed by atoms with Crippen LogP contribution in [0.2, 0.25) is 5.02 Å². The van der Waals surface area contributed by atoms with Gasteiger partial charge in [0.1, 0.15) is 0 Å². The summed E-state index contributed by atoms with van der Waals surface area (Å²) in [5.41, 5.74) is 11.6. The molecule has 0 saturated carbocycles. The van der Waals surface area contributed by atoms with Crippen molar-refractivity contribution in [1.82, 2.24) is 0 Å². The number of carbonyl (C=O) groups is 1. The van der Waals surface area contributed by atoms with Crippen molar-refractivity contribution in [2.24, 2.45) is 11.5 Å². The van der Waals surface area contributed by atoms with Gasteiger partial charge in [0.15, 0.2) is 0 Å². The van der Waals surface area contributed by atoms with E-state index < -0.39 is 11.9 Å². The molecule has 0 bridgehead atoms. The number of rotatable bonds is 5. The highest BCUT2D eigenvalue weighted by Crippen LogP contribution is 2.20. The van der Waals surface area contributed by atoms with Gasteiger partial charge in [0.25, 0.3) is 0 Å². The topological polar surface area (TPSA) is 69.1 Å². The molecule has 0 heterocycles. The highest BCUT2D eigenvalue weighted by molar-refractivity contribution is 7.98. The third-order valence-corrected chi connectivity index (χ3v) is 3.36. The molecule has 3 nitrogen and oxygen atoms in total. The van der Waals surface area contributed by atoms with Crippen LogP contribution in [-0.2, 0) is 10.5 Å². The van der Waals surface area contributed by atoms with Crippen molar-refractivity contribution < 1.29 is 4.79 Å². The summed E-state index contributed by atoms with van der Waals surface area (Å²) in [5, 5.41) is 0.734. The van der Waals surface area contributed by atoms with E-state index in [-0.39, 0.29) is 0 Å². The van der Waals surface area contributed by atoms with E-state index in [0.717, 1.165) is 16.3 Å². The molecule has 5 heteroatoms. The maximum absolute atomic E-state index is 10.7. The molecule has 1 aromatic carbocycles. The minimum absolute atomic E-state index is 0.471. The van der Waals surface area contributed by atoms with Gasteiger partial charge in [-0.2, -0.15) is 11.8 Å². The van der Waals surface area contributed by atoms with Gasteiger partial charge in [0, 0.05) is 16.5 Å². The molecule has 1 aromatic rings. The molecule has 82 valence electrons. The second-order valence-corrected chi connectivity index (χ2v) is 4.55. The van der Waals surface area contributed by atoms with Gasteiger partial charge in [0.2, 0.25) is 5.91 Å². The fourth-order valence-corrected chi connectivity index (χ4v) is 2.28. The van der Waals surface area contributed by atoms with Gasteiger partial charge in [-0.1, -0.05) is 29.8 Å². The Hall–Kier alpha value is -0.710. The third kappa shape index (κ3) is 4.11. The lowest BCUT2D eigenvalue weighted by atomic mass is 10.2. The van der Waals surface area contributed by atoms with Gasteiger partial charge < -0.3 is 11.5 Å². The first-order valence-electron chi connectivity index (χ1n) is 4.47. The molecule has 1 rings (SSSR count). The normalized spacial score (nSPS) is 12.4. The maximum atomic E-state index is 10.7. The van der Waals surface area contributed by atoms with Crippen molar-refractivity contribution in [3.05, 3.63) is 34.9 Å². The molecule has 0 aliphatic rings. The highest BCUT2D eigenvalue weighted by Gasteiger charge is 2.09. The highest BCUT2D eigenvalue weighted by atomic mass is 35.5. The Morgan fingerprint density at radius 2 is 2.13 bits per heavy atom. The van der Waals surface area contributed by atoms with Gasteiger partial charge in [0.05, 0.1) is 6.04 Å². The van der Waals surface area contributed by atoms with E-state index in [0.29, 0.717) is 5.75 Å². The van der Waals surface area contributed by atoms with Crippen molar-refractivity contribution in [2.45, 2.75) is 11.8 Å². The Morgan fingerprint density at radius 3 is 2.73 bits per heavy atom. The molecule has 1 atom stereocenters. The molecular weight excluding hydrogens is 232 g/mol. The fraction of sp³-hybridized carbons (Fsp3) is 0.300. The average Bonchev–Trinajstić information content (AvgIpc) is 2.20. The number of carbonyl (C=O) groups excluding carboxylic acids is 1. The predicted octanol–water partition coefficient (Wildman–Crippen LogP) is 1.39. The number of amides is 1. The van der Waals surface area contributed by atoms with Crippen molar-refractivity contribution in [3.8, 4) is 0 Å². The molecule has 0 aromatic heterocycles. The van der Waals surface area contributed by atoms with Gasteiger partial charge in [-0.25, -0.2) is 0 Å². The van der Waals surface area contributed by atoms with E-state index in [1.807, 2.05) is 24.3 Å². The second kappa shape index (κ2) is 6.00. The van der Waals surface area contributed by atoms with Crippen molar-refractivity contribution in [1.29, 1.82) is 0 Å². The summed E-state index contributed by atoms with van der Waals surface area (Å²) in [7, 11) is 0. The van der Waals surface area contributed by atoms with E-state index in [1.54, 1.807) is 11.8 Å². The smallest absolute Gasteiger partial charge is 0.235 e. The van der Waals surface area contributed by atoms with Gasteiger partial charge in [-0.05, 0) is 11.6 Å². The van der Waals surface area contributed by atoms with Crippen molar-refractivity contribution in [2.75, 3.05) is 5.75 Å². The molecule has 0 fully saturated rings. The number of hydrogen-bond acceptors (Lipinski definition) is 3. The number of primary amides is 1. The van der Waals surface area contributed by atoms with E-state index >= 15 is 0 Å². The molecule has 0 saturated heterocycles. The largest absolute Gasteiger partial charge is 0.368 e. The van der Waals surface area contributed by atoms with Gasteiger partial charge >= 0.3 is 0 Å².